The van der Waals surface area contributed by atoms with Crippen molar-refractivity contribution in [2.75, 3.05) is 0 Å². The zero-order valence-corrected chi connectivity index (χ0v) is 9.32. The smallest absolute Gasteiger partial charge is 0.347 e. The Morgan fingerprint density at radius 1 is 1.06 bits per heavy atom. The normalized spacial score (nSPS) is 13.9. The van der Waals surface area contributed by atoms with Gasteiger partial charge in [-0.3, -0.25) is 0 Å². The molecule has 2 aromatic carbocycles. The number of ether oxygens (including phenoxy) is 1. The minimum Gasteiger partial charge on any atom is -0.386 e. The Labute approximate surface area is 98.0 Å². The van der Waals surface area contributed by atoms with Gasteiger partial charge in [-0.1, -0.05) is 37.3 Å². The summed E-state index contributed by atoms with van der Waals surface area (Å²) >= 11 is 0. The lowest BCUT2D eigenvalue weighted by Gasteiger charge is -2.06. The van der Waals surface area contributed by atoms with Crippen molar-refractivity contribution < 1.29 is 14.3 Å². The van der Waals surface area contributed by atoms with Gasteiger partial charge in [-0.25, -0.2) is 9.59 Å². The second-order valence-electron chi connectivity index (χ2n) is 4.04. The van der Waals surface area contributed by atoms with Crippen LogP contribution in [0.1, 0.15) is 33.2 Å². The maximum atomic E-state index is 11.7. The lowest BCUT2D eigenvalue weighted by molar-refractivity contribution is 0.0444. The summed E-state index contributed by atoms with van der Waals surface area (Å²) in [6, 6.07) is 9.49. The van der Waals surface area contributed by atoms with Crippen LogP contribution in [0.2, 0.25) is 0 Å². The van der Waals surface area contributed by atoms with E-state index in [0.717, 1.165) is 16.3 Å². The van der Waals surface area contributed by atoms with Crippen molar-refractivity contribution in [3.63, 3.8) is 0 Å². The van der Waals surface area contributed by atoms with Crippen LogP contribution in [-0.2, 0) is 11.2 Å². The first kappa shape index (κ1) is 10.0. The van der Waals surface area contributed by atoms with Gasteiger partial charge < -0.3 is 4.74 Å². The molecule has 0 aliphatic carbocycles. The molecule has 0 saturated carbocycles. The van der Waals surface area contributed by atoms with E-state index in [1.54, 1.807) is 0 Å². The molecule has 1 aliphatic heterocycles. The zero-order valence-electron chi connectivity index (χ0n) is 9.32. The molecule has 3 nitrogen and oxygen atoms in total. The van der Waals surface area contributed by atoms with Crippen LogP contribution in [0.4, 0.5) is 0 Å². The van der Waals surface area contributed by atoms with Gasteiger partial charge in [0.1, 0.15) is 0 Å². The molecular weight excluding hydrogens is 216 g/mol. The summed E-state index contributed by atoms with van der Waals surface area (Å²) in [4.78, 5) is 23.4. The molecule has 0 bridgehead atoms. The van der Waals surface area contributed by atoms with E-state index in [-0.39, 0.29) is 0 Å². The van der Waals surface area contributed by atoms with Gasteiger partial charge in [-0.05, 0) is 22.8 Å². The number of carbonyl (C=O) groups is 2. The van der Waals surface area contributed by atoms with Crippen molar-refractivity contribution in [2.45, 2.75) is 13.3 Å². The highest BCUT2D eigenvalue weighted by atomic mass is 16.6. The molecule has 1 aliphatic rings. The first-order valence-electron chi connectivity index (χ1n) is 5.53. The molecule has 1 heterocycles. The van der Waals surface area contributed by atoms with Crippen LogP contribution < -0.4 is 0 Å². The molecule has 0 spiro atoms. The molecule has 0 saturated heterocycles. The predicted octanol–water partition coefficient (Wildman–Crippen LogP) is 2.71. The highest BCUT2D eigenvalue weighted by molar-refractivity contribution is 6.21. The van der Waals surface area contributed by atoms with Gasteiger partial charge in [0.15, 0.2) is 0 Å². The summed E-state index contributed by atoms with van der Waals surface area (Å²) in [7, 11) is 0. The number of aryl methyl sites for hydroxylation is 1. The van der Waals surface area contributed by atoms with Crippen molar-refractivity contribution >= 4 is 22.7 Å². The third kappa shape index (κ3) is 1.29. The molecule has 0 atom stereocenters. The molecular formula is C14H10O3. The number of cyclic esters (lactones) is 2. The Balaban J connectivity index is 2.50. The average Bonchev–Trinajstić information content (AvgIpc) is 2.65. The molecule has 17 heavy (non-hydrogen) atoms. The van der Waals surface area contributed by atoms with Gasteiger partial charge >= 0.3 is 11.9 Å². The average molecular weight is 226 g/mol. The Hall–Kier alpha value is -2.16. The largest absolute Gasteiger partial charge is 0.386 e. The molecule has 3 heteroatoms. The fraction of sp³-hybridized carbons (Fsp3) is 0.143. The van der Waals surface area contributed by atoms with Crippen LogP contribution in [-0.4, -0.2) is 11.9 Å². The van der Waals surface area contributed by atoms with E-state index in [2.05, 4.69) is 0 Å². The Morgan fingerprint density at radius 3 is 2.53 bits per heavy atom. The summed E-state index contributed by atoms with van der Waals surface area (Å²) in [5, 5.41) is 1.75. The topological polar surface area (TPSA) is 43.4 Å². The first-order valence-corrected chi connectivity index (χ1v) is 5.53. The second kappa shape index (κ2) is 3.42. The van der Waals surface area contributed by atoms with Crippen LogP contribution in [0.5, 0.6) is 0 Å². The minimum atomic E-state index is -0.531. The number of fused-ring (bicyclic) bond motifs is 3. The lowest BCUT2D eigenvalue weighted by Crippen LogP contribution is -2.00. The number of hydrogen-bond acceptors (Lipinski definition) is 3. The van der Waals surface area contributed by atoms with Crippen LogP contribution in [0, 0.1) is 0 Å². The summed E-state index contributed by atoms with van der Waals surface area (Å²) in [6.07, 6.45) is 0.704. The van der Waals surface area contributed by atoms with E-state index in [1.165, 1.54) is 0 Å². The maximum Gasteiger partial charge on any atom is 0.347 e. The molecule has 0 unspecified atom stereocenters. The maximum absolute atomic E-state index is 11.7. The van der Waals surface area contributed by atoms with Gasteiger partial charge in [0, 0.05) is 0 Å². The molecule has 0 radical (unpaired) electrons. The SMILES string of the molecule is CCc1cc2ccccc2c2c1C(=O)OC2=O. The van der Waals surface area contributed by atoms with Crippen molar-refractivity contribution in [3.05, 3.63) is 47.0 Å². The van der Waals surface area contributed by atoms with Crippen LogP contribution in [0.25, 0.3) is 10.8 Å². The molecule has 0 fully saturated rings. The second-order valence-corrected chi connectivity index (χ2v) is 4.04. The van der Waals surface area contributed by atoms with E-state index in [1.807, 2.05) is 37.3 Å². The van der Waals surface area contributed by atoms with E-state index in [4.69, 9.17) is 4.74 Å². The van der Waals surface area contributed by atoms with Gasteiger partial charge in [-0.15, -0.1) is 0 Å². The van der Waals surface area contributed by atoms with E-state index < -0.39 is 11.9 Å². The van der Waals surface area contributed by atoms with Gasteiger partial charge in [0.2, 0.25) is 0 Å². The van der Waals surface area contributed by atoms with Gasteiger partial charge in [-0.2, -0.15) is 0 Å². The molecule has 2 aromatic rings. The zero-order chi connectivity index (χ0) is 12.0. The fourth-order valence-corrected chi connectivity index (χ4v) is 2.32. The molecule has 0 aromatic heterocycles. The Kier molecular flexibility index (Phi) is 2.01. The summed E-state index contributed by atoms with van der Waals surface area (Å²) in [5.41, 5.74) is 1.73. The van der Waals surface area contributed by atoms with Crippen molar-refractivity contribution in [3.8, 4) is 0 Å². The van der Waals surface area contributed by atoms with Gasteiger partial charge in [0.25, 0.3) is 0 Å². The first-order chi connectivity index (χ1) is 8.22. The monoisotopic (exact) mass is 226 g/mol. The minimum absolute atomic E-state index is 0.421. The number of carbonyl (C=O) groups excluding carboxylic acids is 2. The molecule has 3 rings (SSSR count). The van der Waals surface area contributed by atoms with Crippen LogP contribution >= 0.6 is 0 Å². The predicted molar refractivity (Wildman–Crippen MR) is 63.1 cm³/mol. The molecule has 0 N–H and O–H groups in total. The standard InChI is InChI=1S/C14H10O3/c1-2-8-7-9-5-3-4-6-10(9)12-11(8)13(15)17-14(12)16/h3-7H,2H2,1H3. The molecule has 84 valence electrons. The number of rotatable bonds is 1. The van der Waals surface area contributed by atoms with Crippen molar-refractivity contribution in [1.82, 2.24) is 0 Å². The molecule has 0 amide bonds. The number of esters is 2. The lowest BCUT2D eigenvalue weighted by atomic mass is 9.94. The van der Waals surface area contributed by atoms with Crippen LogP contribution in [0.3, 0.4) is 0 Å². The number of benzene rings is 2. The van der Waals surface area contributed by atoms with Gasteiger partial charge in [0.05, 0.1) is 11.1 Å². The van der Waals surface area contributed by atoms with E-state index in [0.29, 0.717) is 17.5 Å². The number of hydrogen-bond donors (Lipinski definition) is 0. The van der Waals surface area contributed by atoms with Crippen molar-refractivity contribution in [1.29, 1.82) is 0 Å². The fourth-order valence-electron chi connectivity index (χ4n) is 2.32. The third-order valence-electron chi connectivity index (χ3n) is 3.11. The third-order valence-corrected chi connectivity index (χ3v) is 3.11. The van der Waals surface area contributed by atoms with Crippen LogP contribution in [0.15, 0.2) is 30.3 Å². The van der Waals surface area contributed by atoms with E-state index >= 15 is 0 Å². The Morgan fingerprint density at radius 2 is 1.76 bits per heavy atom. The highest BCUT2D eigenvalue weighted by Gasteiger charge is 2.33. The van der Waals surface area contributed by atoms with Crippen molar-refractivity contribution in [2.24, 2.45) is 0 Å². The highest BCUT2D eigenvalue weighted by Crippen LogP contribution is 2.31. The quantitative estimate of drug-likeness (QED) is 0.554. The Bertz CT molecular complexity index is 656. The summed E-state index contributed by atoms with van der Waals surface area (Å²) in [5.74, 6) is -1.05. The summed E-state index contributed by atoms with van der Waals surface area (Å²) in [6.45, 7) is 1.96. The summed E-state index contributed by atoms with van der Waals surface area (Å²) < 4.78 is 4.70. The van der Waals surface area contributed by atoms with E-state index in [9.17, 15) is 9.59 Å².